The Morgan fingerprint density at radius 3 is 2.73 bits per heavy atom. The van der Waals surface area contributed by atoms with E-state index in [1.165, 1.54) is 11.3 Å². The van der Waals surface area contributed by atoms with Crippen LogP contribution in [0.4, 0.5) is 5.13 Å². The Morgan fingerprint density at radius 2 is 2.05 bits per heavy atom. The van der Waals surface area contributed by atoms with Crippen molar-refractivity contribution in [2.75, 3.05) is 19.0 Å². The fraction of sp³-hybridized carbons (Fsp3) is 0.400. The highest BCUT2D eigenvalue weighted by atomic mass is 32.1. The Kier molecular flexibility index (Phi) is 6.29. The molecule has 0 bridgehead atoms. The maximum Gasteiger partial charge on any atom is 0.226 e. The van der Waals surface area contributed by atoms with Crippen LogP contribution < -0.4 is 10.1 Å². The van der Waals surface area contributed by atoms with Gasteiger partial charge in [0.1, 0.15) is 17.4 Å². The van der Waals surface area contributed by atoms with Crippen molar-refractivity contribution < 1.29 is 14.3 Å². The number of aryl methyl sites for hydroxylation is 1. The number of anilines is 1. The van der Waals surface area contributed by atoms with Gasteiger partial charge in [-0.3, -0.25) is 4.79 Å². The van der Waals surface area contributed by atoms with Gasteiger partial charge in [0, 0.05) is 13.0 Å². The monoisotopic (exact) mass is 321 g/mol. The Morgan fingerprint density at radius 1 is 1.27 bits per heavy atom. The van der Waals surface area contributed by atoms with Crippen LogP contribution in [0, 0.1) is 0 Å². The number of amides is 1. The van der Waals surface area contributed by atoms with E-state index in [9.17, 15) is 4.79 Å². The quantitative estimate of drug-likeness (QED) is 0.809. The van der Waals surface area contributed by atoms with Gasteiger partial charge in [0.15, 0.2) is 0 Å². The first-order valence-corrected chi connectivity index (χ1v) is 7.85. The van der Waals surface area contributed by atoms with E-state index in [0.717, 1.165) is 16.3 Å². The minimum atomic E-state index is -0.0741. The molecule has 118 valence electrons. The van der Waals surface area contributed by atoms with Crippen LogP contribution in [0.25, 0.3) is 0 Å². The molecule has 0 unspecified atom stereocenters. The van der Waals surface area contributed by atoms with Crippen molar-refractivity contribution in [3.63, 3.8) is 0 Å². The summed E-state index contributed by atoms with van der Waals surface area (Å²) in [5, 5.41) is 11.9. The molecule has 6 nitrogen and oxygen atoms in total. The summed E-state index contributed by atoms with van der Waals surface area (Å²) < 4.78 is 10.3. The average molecular weight is 321 g/mol. The predicted molar refractivity (Wildman–Crippen MR) is 85.2 cm³/mol. The third kappa shape index (κ3) is 5.09. The van der Waals surface area contributed by atoms with Gasteiger partial charge >= 0.3 is 0 Å². The summed E-state index contributed by atoms with van der Waals surface area (Å²) in [5.41, 5.74) is 1.09. The molecule has 0 radical (unpaired) electrons. The topological polar surface area (TPSA) is 73.3 Å². The number of nitrogens with one attached hydrogen (secondary N) is 1. The van der Waals surface area contributed by atoms with E-state index in [4.69, 9.17) is 9.47 Å². The Bertz CT molecular complexity index is 598. The molecule has 7 heteroatoms. The summed E-state index contributed by atoms with van der Waals surface area (Å²) in [6, 6.07) is 7.69. The van der Waals surface area contributed by atoms with Crippen molar-refractivity contribution in [3.8, 4) is 5.75 Å². The molecule has 2 aromatic rings. The first kappa shape index (κ1) is 16.4. The largest absolute Gasteiger partial charge is 0.497 e. The molecule has 2 rings (SSSR count). The number of hydrogen-bond donors (Lipinski definition) is 1. The minimum absolute atomic E-state index is 0.0741. The molecule has 1 amide bonds. The zero-order valence-corrected chi connectivity index (χ0v) is 13.5. The molecule has 0 saturated heterocycles. The van der Waals surface area contributed by atoms with Crippen molar-refractivity contribution in [1.82, 2.24) is 10.2 Å². The number of aromatic nitrogens is 2. The number of hydrogen-bond acceptors (Lipinski definition) is 6. The van der Waals surface area contributed by atoms with Gasteiger partial charge in [-0.2, -0.15) is 0 Å². The van der Waals surface area contributed by atoms with E-state index in [0.29, 0.717) is 31.2 Å². The maximum absolute atomic E-state index is 11.9. The van der Waals surface area contributed by atoms with Crippen molar-refractivity contribution in [2.24, 2.45) is 0 Å². The molecule has 0 aliphatic carbocycles. The molecule has 0 spiro atoms. The van der Waals surface area contributed by atoms with E-state index >= 15 is 0 Å². The molecule has 1 aromatic carbocycles. The third-order valence-corrected chi connectivity index (χ3v) is 3.75. The van der Waals surface area contributed by atoms with E-state index < -0.39 is 0 Å². The van der Waals surface area contributed by atoms with Gasteiger partial charge in [-0.15, -0.1) is 10.2 Å². The lowest BCUT2D eigenvalue weighted by atomic mass is 10.1. The highest BCUT2D eigenvalue weighted by Gasteiger charge is 2.08. The Hall–Kier alpha value is -1.99. The second-order valence-corrected chi connectivity index (χ2v) is 5.60. The minimum Gasteiger partial charge on any atom is -0.497 e. The highest BCUT2D eigenvalue weighted by Crippen LogP contribution is 2.17. The molecule has 1 N–H and O–H groups in total. The lowest BCUT2D eigenvalue weighted by molar-refractivity contribution is -0.116. The van der Waals surface area contributed by atoms with Crippen LogP contribution in [0.2, 0.25) is 0 Å². The van der Waals surface area contributed by atoms with Crippen LogP contribution in [0.15, 0.2) is 24.3 Å². The Labute approximate surface area is 133 Å². The number of rotatable bonds is 8. The van der Waals surface area contributed by atoms with Crippen LogP contribution in [-0.2, 0) is 22.6 Å². The number of carbonyl (C=O) groups is 1. The summed E-state index contributed by atoms with van der Waals surface area (Å²) in [5.74, 6) is 0.735. The fourth-order valence-corrected chi connectivity index (χ4v) is 2.48. The lowest BCUT2D eigenvalue weighted by Gasteiger charge is -2.03. The van der Waals surface area contributed by atoms with Crippen molar-refractivity contribution in [1.29, 1.82) is 0 Å². The SMILES string of the molecule is CCOCc1nnc(NC(=O)CCc2ccc(OC)cc2)s1. The van der Waals surface area contributed by atoms with E-state index in [1.807, 2.05) is 31.2 Å². The number of benzene rings is 1. The molecule has 0 fully saturated rings. The maximum atomic E-state index is 11.9. The van der Waals surface area contributed by atoms with Crippen molar-refractivity contribution in [2.45, 2.75) is 26.4 Å². The molecule has 0 atom stereocenters. The predicted octanol–water partition coefficient (Wildman–Crippen LogP) is 2.65. The number of carbonyl (C=O) groups excluding carboxylic acids is 1. The molecular weight excluding hydrogens is 302 g/mol. The smallest absolute Gasteiger partial charge is 0.226 e. The van der Waals surface area contributed by atoms with Gasteiger partial charge in [-0.1, -0.05) is 23.5 Å². The average Bonchev–Trinajstić information content (AvgIpc) is 2.98. The first-order valence-electron chi connectivity index (χ1n) is 7.04. The van der Waals surface area contributed by atoms with E-state index in [-0.39, 0.29) is 5.91 Å². The summed E-state index contributed by atoms with van der Waals surface area (Å²) in [6.07, 6.45) is 1.06. The van der Waals surface area contributed by atoms with Crippen LogP contribution >= 0.6 is 11.3 Å². The van der Waals surface area contributed by atoms with Crippen molar-refractivity contribution >= 4 is 22.4 Å². The van der Waals surface area contributed by atoms with Gasteiger partial charge in [0.05, 0.1) is 7.11 Å². The number of methoxy groups -OCH3 is 1. The van der Waals surface area contributed by atoms with Crippen LogP contribution in [-0.4, -0.2) is 29.8 Å². The fourth-order valence-electron chi connectivity index (χ4n) is 1.78. The van der Waals surface area contributed by atoms with Gasteiger partial charge in [0.25, 0.3) is 0 Å². The van der Waals surface area contributed by atoms with E-state index in [2.05, 4.69) is 15.5 Å². The van der Waals surface area contributed by atoms with Gasteiger partial charge in [-0.05, 0) is 31.0 Å². The normalized spacial score (nSPS) is 10.5. The van der Waals surface area contributed by atoms with Crippen LogP contribution in [0.3, 0.4) is 0 Å². The highest BCUT2D eigenvalue weighted by molar-refractivity contribution is 7.15. The van der Waals surface area contributed by atoms with Crippen molar-refractivity contribution in [3.05, 3.63) is 34.8 Å². The van der Waals surface area contributed by atoms with E-state index in [1.54, 1.807) is 7.11 Å². The van der Waals surface area contributed by atoms with Crippen LogP contribution in [0.5, 0.6) is 5.75 Å². The summed E-state index contributed by atoms with van der Waals surface area (Å²) in [4.78, 5) is 11.9. The molecule has 0 saturated carbocycles. The second kappa shape index (κ2) is 8.45. The standard InChI is InChI=1S/C15H19N3O3S/c1-3-21-10-14-17-18-15(22-14)16-13(19)9-6-11-4-7-12(20-2)8-5-11/h4-5,7-8H,3,6,9-10H2,1-2H3,(H,16,18,19). The molecule has 0 aliphatic heterocycles. The number of ether oxygens (including phenoxy) is 2. The molecule has 0 aliphatic rings. The number of nitrogens with zero attached hydrogens (tertiary/aromatic N) is 2. The molecule has 1 aromatic heterocycles. The van der Waals surface area contributed by atoms with Gasteiger partial charge < -0.3 is 14.8 Å². The zero-order chi connectivity index (χ0) is 15.8. The van der Waals surface area contributed by atoms with Gasteiger partial charge in [0.2, 0.25) is 11.0 Å². The summed E-state index contributed by atoms with van der Waals surface area (Å²) in [7, 11) is 1.63. The van der Waals surface area contributed by atoms with Gasteiger partial charge in [-0.25, -0.2) is 0 Å². The lowest BCUT2D eigenvalue weighted by Crippen LogP contribution is -2.12. The molecular formula is C15H19N3O3S. The molecule has 22 heavy (non-hydrogen) atoms. The Balaban J connectivity index is 1.78. The second-order valence-electron chi connectivity index (χ2n) is 4.53. The summed E-state index contributed by atoms with van der Waals surface area (Å²) in [6.45, 7) is 2.97. The van der Waals surface area contributed by atoms with Crippen LogP contribution in [0.1, 0.15) is 23.9 Å². The first-order chi connectivity index (χ1) is 10.7. The molecule has 1 heterocycles. The third-order valence-electron chi connectivity index (χ3n) is 2.94. The zero-order valence-electron chi connectivity index (χ0n) is 12.7. The summed E-state index contributed by atoms with van der Waals surface area (Å²) >= 11 is 1.33.